The zero-order chi connectivity index (χ0) is 10.5. The van der Waals surface area contributed by atoms with Crippen molar-refractivity contribution in [2.75, 3.05) is 0 Å². The third-order valence-electron chi connectivity index (χ3n) is 2.20. The van der Waals surface area contributed by atoms with E-state index in [0.717, 1.165) is 5.75 Å². The van der Waals surface area contributed by atoms with Crippen LogP contribution in [0.15, 0.2) is 48.5 Å². The Bertz CT molecular complexity index is 414. The zero-order valence-corrected chi connectivity index (χ0v) is 12.8. The van der Waals surface area contributed by atoms with Gasteiger partial charge in [-0.05, 0) is 12.5 Å². The average Bonchev–Trinajstić information content (AvgIpc) is 2.30. The smallest absolute Gasteiger partial charge is 1.00 e. The number of hydrogen-bond donors (Lipinski definition) is 0. The van der Waals surface area contributed by atoms with Crippen molar-refractivity contribution < 1.29 is 21.7 Å². The Morgan fingerprint density at radius 1 is 1.12 bits per heavy atom. The van der Waals surface area contributed by atoms with Gasteiger partial charge in [0.05, 0.1) is 6.61 Å². The van der Waals surface area contributed by atoms with E-state index in [0.29, 0.717) is 6.61 Å². The van der Waals surface area contributed by atoms with Gasteiger partial charge >= 0.3 is 23.1 Å². The molecule has 0 amide bonds. The fourth-order valence-corrected chi connectivity index (χ4v) is 1.32. The average molecular weight is 301 g/mol. The van der Waals surface area contributed by atoms with Crippen LogP contribution in [0, 0.1) is 13.0 Å². The van der Waals surface area contributed by atoms with Crippen LogP contribution in [0.2, 0.25) is 0 Å². The van der Waals surface area contributed by atoms with E-state index in [4.69, 9.17) is 4.74 Å². The Balaban J connectivity index is 0.00000128. The molecule has 17 heavy (non-hydrogen) atoms. The van der Waals surface area contributed by atoms with E-state index in [-0.39, 0.29) is 40.0 Å². The second kappa shape index (κ2) is 8.56. The first kappa shape index (κ1) is 16.5. The predicted octanol–water partition coefficient (Wildman–Crippen LogP) is -0.00259. The molecule has 0 aliphatic carbocycles. The summed E-state index contributed by atoms with van der Waals surface area (Å²) in [6, 6.07) is 18.9. The zero-order valence-electron chi connectivity index (χ0n) is 9.82. The number of aryl methyl sites for hydroxylation is 1. The Morgan fingerprint density at radius 2 is 1.82 bits per heavy atom. The molecule has 0 fully saturated rings. The van der Waals surface area contributed by atoms with Crippen LogP contribution < -0.4 is 21.7 Å². The van der Waals surface area contributed by atoms with Crippen molar-refractivity contribution in [2.24, 2.45) is 0 Å². The van der Waals surface area contributed by atoms with E-state index in [9.17, 15) is 0 Å². The molecule has 0 saturated heterocycles. The van der Waals surface area contributed by atoms with Crippen LogP contribution in [-0.4, -0.2) is 23.1 Å². The van der Waals surface area contributed by atoms with Crippen molar-refractivity contribution in [2.45, 2.75) is 13.5 Å². The summed E-state index contributed by atoms with van der Waals surface area (Å²) in [5.41, 5.74) is 2.45. The fourth-order valence-electron chi connectivity index (χ4n) is 1.32. The topological polar surface area (TPSA) is 9.23 Å². The molecule has 0 heterocycles. The van der Waals surface area contributed by atoms with Gasteiger partial charge in [0.1, 0.15) is 0 Å². The van der Waals surface area contributed by atoms with Crippen LogP contribution in [0.5, 0.6) is 5.75 Å². The van der Waals surface area contributed by atoms with Crippen molar-refractivity contribution in [1.82, 2.24) is 0 Å². The minimum atomic E-state index is 0. The van der Waals surface area contributed by atoms with E-state index in [2.05, 4.69) is 37.3 Å². The van der Waals surface area contributed by atoms with Gasteiger partial charge in [-0.15, -0.1) is 12.1 Å². The van der Waals surface area contributed by atoms with Gasteiger partial charge in [-0.3, -0.25) is 0 Å². The van der Waals surface area contributed by atoms with Crippen molar-refractivity contribution in [3.8, 4) is 5.75 Å². The molecule has 3 heteroatoms. The van der Waals surface area contributed by atoms with E-state index < -0.39 is 0 Å². The second-order valence-electron chi connectivity index (χ2n) is 3.51. The quantitative estimate of drug-likeness (QED) is 0.573. The van der Waals surface area contributed by atoms with Gasteiger partial charge in [0.15, 0.2) is 0 Å². The molecule has 0 spiro atoms. The van der Waals surface area contributed by atoms with Gasteiger partial charge in [-0.2, -0.15) is 18.2 Å². The van der Waals surface area contributed by atoms with Gasteiger partial charge < -0.3 is 21.7 Å². The molecule has 0 aliphatic heterocycles. The van der Waals surface area contributed by atoms with Crippen LogP contribution >= 0.6 is 0 Å². The number of hydrogen-bond acceptors (Lipinski definition) is 1. The van der Waals surface area contributed by atoms with Crippen molar-refractivity contribution in [1.29, 1.82) is 0 Å². The van der Waals surface area contributed by atoms with E-state index >= 15 is 0 Å². The summed E-state index contributed by atoms with van der Waals surface area (Å²) in [6.07, 6.45) is 0. The molecule has 0 unspecified atom stereocenters. The minimum absolute atomic E-state index is 0. The molecule has 0 N–H and O–H groups in total. The number of benzene rings is 2. The van der Waals surface area contributed by atoms with E-state index in [1.165, 1.54) is 11.1 Å². The molecule has 2 aromatic carbocycles. The van der Waals surface area contributed by atoms with Crippen LogP contribution in [0.4, 0.5) is 0 Å². The second-order valence-corrected chi connectivity index (χ2v) is 3.51. The predicted molar refractivity (Wildman–Crippen MR) is 66.5 cm³/mol. The standard InChI is InChI=1S/C14H13O.BrH.Mg/c1-12-7-9-13(10-8-12)11-15-14-5-3-2-4-6-14;;/h2-3,5-10H,11H2,1H3;1H;/q-1;;+2/p-1. The van der Waals surface area contributed by atoms with Gasteiger partial charge in [-0.1, -0.05) is 29.8 Å². The summed E-state index contributed by atoms with van der Waals surface area (Å²) in [5.74, 6) is 0.859. The van der Waals surface area contributed by atoms with Gasteiger partial charge in [0, 0.05) is 5.75 Å². The Kier molecular flexibility index (Phi) is 8.30. The molecule has 0 bridgehead atoms. The molecule has 2 rings (SSSR count). The monoisotopic (exact) mass is 300 g/mol. The first-order valence-electron chi connectivity index (χ1n) is 4.99. The van der Waals surface area contributed by atoms with Gasteiger partial charge in [-0.25, -0.2) is 0 Å². The third-order valence-corrected chi connectivity index (χ3v) is 2.20. The Labute approximate surface area is 129 Å². The number of rotatable bonds is 3. The van der Waals surface area contributed by atoms with Crippen LogP contribution in [-0.2, 0) is 6.61 Å². The first-order valence-corrected chi connectivity index (χ1v) is 4.99. The molecular weight excluding hydrogens is 288 g/mol. The fraction of sp³-hybridized carbons (Fsp3) is 0.143. The van der Waals surface area contributed by atoms with Crippen molar-refractivity contribution >= 4 is 23.1 Å². The van der Waals surface area contributed by atoms with Crippen molar-refractivity contribution in [3.63, 3.8) is 0 Å². The summed E-state index contributed by atoms with van der Waals surface area (Å²) >= 11 is 0. The summed E-state index contributed by atoms with van der Waals surface area (Å²) in [4.78, 5) is 0. The first-order chi connectivity index (χ1) is 7.34. The molecule has 84 valence electrons. The molecule has 0 saturated carbocycles. The summed E-state index contributed by atoms with van der Waals surface area (Å²) in [7, 11) is 0. The molecule has 0 aromatic heterocycles. The van der Waals surface area contributed by atoms with E-state index in [1.54, 1.807) is 0 Å². The van der Waals surface area contributed by atoms with Crippen LogP contribution in [0.1, 0.15) is 11.1 Å². The van der Waals surface area contributed by atoms with Gasteiger partial charge in [0.25, 0.3) is 0 Å². The molecule has 0 atom stereocenters. The van der Waals surface area contributed by atoms with E-state index in [1.807, 2.05) is 24.3 Å². The Hall–Kier alpha value is -0.514. The van der Waals surface area contributed by atoms with Crippen LogP contribution in [0.3, 0.4) is 0 Å². The van der Waals surface area contributed by atoms with Crippen molar-refractivity contribution in [3.05, 3.63) is 65.7 Å². The maximum absolute atomic E-state index is 5.60. The maximum Gasteiger partial charge on any atom is 2.00 e. The minimum Gasteiger partial charge on any atom is -1.00 e. The molecule has 0 radical (unpaired) electrons. The maximum atomic E-state index is 5.60. The molecule has 2 aromatic rings. The molecular formula is C14H13BrMgO. The summed E-state index contributed by atoms with van der Waals surface area (Å²) in [5, 5.41) is 0. The van der Waals surface area contributed by atoms with Crippen LogP contribution in [0.25, 0.3) is 0 Å². The SMILES string of the molecule is Cc1ccc(COc2c[c-]ccc2)cc1.[Br-].[Mg+2]. The largest absolute Gasteiger partial charge is 2.00 e. The Morgan fingerprint density at radius 3 is 2.41 bits per heavy atom. The molecule has 0 aliphatic rings. The number of halogens is 1. The van der Waals surface area contributed by atoms with Gasteiger partial charge in [0.2, 0.25) is 0 Å². The number of ether oxygens (including phenoxy) is 1. The normalized spacial score (nSPS) is 8.76. The molecule has 1 nitrogen and oxygen atoms in total. The summed E-state index contributed by atoms with van der Waals surface area (Å²) in [6.45, 7) is 2.69. The summed E-state index contributed by atoms with van der Waals surface area (Å²) < 4.78 is 5.60. The third kappa shape index (κ3) is 5.57.